The van der Waals surface area contributed by atoms with Crippen LogP contribution in [-0.4, -0.2) is 15.1 Å². The molecule has 0 aliphatic carbocycles. The van der Waals surface area contributed by atoms with Gasteiger partial charge in [-0.05, 0) is 24.3 Å². The molecule has 3 aromatic rings. The van der Waals surface area contributed by atoms with Crippen molar-refractivity contribution in [3.63, 3.8) is 0 Å². The fourth-order valence-electron chi connectivity index (χ4n) is 2.15. The number of non-ortho nitro benzene ring substituents is 1. The van der Waals surface area contributed by atoms with Crippen LogP contribution in [0.2, 0.25) is 5.02 Å². The number of nitrogens with zero attached hydrogens (tertiary/aromatic N) is 3. The van der Waals surface area contributed by atoms with Crippen molar-refractivity contribution >= 4 is 29.1 Å². The topological polar surface area (TPSA) is 68.9 Å². The van der Waals surface area contributed by atoms with Gasteiger partial charge in [0.25, 0.3) is 5.69 Å². The molecule has 5 nitrogen and oxygen atoms in total. The molecule has 3 rings (SSSR count). The molecular formula is C17H11ClFN3O2S. The molecule has 0 N–H and O–H groups in total. The molecule has 126 valence electrons. The van der Waals surface area contributed by atoms with Gasteiger partial charge in [-0.1, -0.05) is 41.6 Å². The fourth-order valence-corrected chi connectivity index (χ4v) is 3.30. The number of hydrogen-bond acceptors (Lipinski definition) is 5. The summed E-state index contributed by atoms with van der Waals surface area (Å²) in [5.41, 5.74) is 1.54. The molecule has 0 aliphatic heterocycles. The maximum atomic E-state index is 13.8. The molecule has 0 spiro atoms. The standard InChI is InChI=1S/C17H11ClFN3O2S/c18-14-5-2-6-15(19)13(14)10-25-17-8-7-16(20-21-17)11-3-1-4-12(9-11)22(23)24/h1-9H,10H2. The van der Waals surface area contributed by atoms with Gasteiger partial charge in [0.05, 0.1) is 10.6 Å². The summed E-state index contributed by atoms with van der Waals surface area (Å²) >= 11 is 7.30. The van der Waals surface area contributed by atoms with Gasteiger partial charge in [-0.2, -0.15) is 0 Å². The lowest BCUT2D eigenvalue weighted by Gasteiger charge is -2.05. The van der Waals surface area contributed by atoms with Crippen LogP contribution >= 0.6 is 23.4 Å². The van der Waals surface area contributed by atoms with Crippen LogP contribution in [0.15, 0.2) is 59.6 Å². The Morgan fingerprint density at radius 2 is 1.92 bits per heavy atom. The summed E-state index contributed by atoms with van der Waals surface area (Å²) in [6, 6.07) is 14.2. The lowest BCUT2D eigenvalue weighted by Crippen LogP contribution is -1.93. The van der Waals surface area contributed by atoms with Gasteiger partial charge in [0, 0.05) is 34.0 Å². The zero-order chi connectivity index (χ0) is 17.8. The molecule has 1 aromatic heterocycles. The van der Waals surface area contributed by atoms with Crippen molar-refractivity contribution in [1.29, 1.82) is 0 Å². The third-order valence-corrected chi connectivity index (χ3v) is 4.72. The minimum atomic E-state index is -0.459. The van der Waals surface area contributed by atoms with Gasteiger partial charge in [-0.3, -0.25) is 10.1 Å². The SMILES string of the molecule is O=[N+]([O-])c1cccc(-c2ccc(SCc3c(F)cccc3Cl)nn2)c1. The number of nitro groups is 1. The van der Waals surface area contributed by atoms with Gasteiger partial charge in [-0.15, -0.1) is 10.2 Å². The summed E-state index contributed by atoms with van der Waals surface area (Å²) in [5.74, 6) is -0.0303. The van der Waals surface area contributed by atoms with Crippen molar-refractivity contribution in [2.75, 3.05) is 0 Å². The van der Waals surface area contributed by atoms with Gasteiger partial charge in [-0.25, -0.2) is 4.39 Å². The predicted molar refractivity (Wildman–Crippen MR) is 95.1 cm³/mol. The van der Waals surface area contributed by atoms with E-state index in [0.29, 0.717) is 32.6 Å². The smallest absolute Gasteiger partial charge is 0.258 e. The van der Waals surface area contributed by atoms with Gasteiger partial charge < -0.3 is 0 Å². The first-order valence-electron chi connectivity index (χ1n) is 7.19. The molecule has 0 unspecified atom stereocenters. The van der Waals surface area contributed by atoms with Crippen molar-refractivity contribution in [1.82, 2.24) is 10.2 Å². The maximum absolute atomic E-state index is 13.8. The molecule has 0 saturated carbocycles. The second-order valence-corrected chi connectivity index (χ2v) is 6.46. The second-order valence-electron chi connectivity index (χ2n) is 5.05. The zero-order valence-corrected chi connectivity index (χ0v) is 14.3. The van der Waals surface area contributed by atoms with Crippen LogP contribution in [0.4, 0.5) is 10.1 Å². The van der Waals surface area contributed by atoms with E-state index in [9.17, 15) is 14.5 Å². The Bertz CT molecular complexity index is 902. The molecular weight excluding hydrogens is 365 g/mol. The van der Waals surface area contributed by atoms with E-state index in [0.717, 1.165) is 0 Å². The number of nitro benzene ring substituents is 1. The second kappa shape index (κ2) is 7.58. The fraction of sp³-hybridized carbons (Fsp3) is 0.0588. The third kappa shape index (κ3) is 4.12. The lowest BCUT2D eigenvalue weighted by atomic mass is 10.1. The third-order valence-electron chi connectivity index (χ3n) is 3.42. The highest BCUT2D eigenvalue weighted by atomic mass is 35.5. The van der Waals surface area contributed by atoms with E-state index in [2.05, 4.69) is 10.2 Å². The quantitative estimate of drug-likeness (QED) is 0.351. The van der Waals surface area contributed by atoms with Crippen molar-refractivity contribution in [2.24, 2.45) is 0 Å². The normalized spacial score (nSPS) is 10.6. The lowest BCUT2D eigenvalue weighted by molar-refractivity contribution is -0.384. The first kappa shape index (κ1) is 17.3. The monoisotopic (exact) mass is 375 g/mol. The summed E-state index contributed by atoms with van der Waals surface area (Å²) in [4.78, 5) is 10.4. The molecule has 25 heavy (non-hydrogen) atoms. The van der Waals surface area contributed by atoms with Crippen LogP contribution in [0.5, 0.6) is 0 Å². The highest BCUT2D eigenvalue weighted by Gasteiger charge is 2.10. The van der Waals surface area contributed by atoms with Crippen molar-refractivity contribution in [3.8, 4) is 11.3 Å². The van der Waals surface area contributed by atoms with Crippen LogP contribution < -0.4 is 0 Å². The molecule has 8 heteroatoms. The Kier molecular flexibility index (Phi) is 5.25. The van der Waals surface area contributed by atoms with E-state index in [-0.39, 0.29) is 11.5 Å². The van der Waals surface area contributed by atoms with E-state index >= 15 is 0 Å². The van der Waals surface area contributed by atoms with E-state index in [1.807, 2.05) is 0 Å². The van der Waals surface area contributed by atoms with Crippen LogP contribution in [0.3, 0.4) is 0 Å². The molecule has 1 heterocycles. The molecule has 0 saturated heterocycles. The van der Waals surface area contributed by atoms with Crippen molar-refractivity contribution in [2.45, 2.75) is 10.8 Å². The number of benzene rings is 2. The average molecular weight is 376 g/mol. The molecule has 2 aromatic carbocycles. The highest BCUT2D eigenvalue weighted by molar-refractivity contribution is 7.98. The molecule has 0 radical (unpaired) electrons. The molecule has 0 fully saturated rings. The van der Waals surface area contributed by atoms with E-state index in [1.165, 1.54) is 30.0 Å². The summed E-state index contributed by atoms with van der Waals surface area (Å²) in [6.07, 6.45) is 0. The Morgan fingerprint density at radius 1 is 1.12 bits per heavy atom. The van der Waals surface area contributed by atoms with Crippen molar-refractivity contribution < 1.29 is 9.31 Å². The van der Waals surface area contributed by atoms with Crippen LogP contribution in [-0.2, 0) is 5.75 Å². The summed E-state index contributed by atoms with van der Waals surface area (Å²) in [7, 11) is 0. The Morgan fingerprint density at radius 3 is 2.60 bits per heavy atom. The van der Waals surface area contributed by atoms with E-state index in [1.54, 1.807) is 36.4 Å². The molecule has 0 aliphatic rings. The van der Waals surface area contributed by atoms with Gasteiger partial charge in [0.2, 0.25) is 0 Å². The van der Waals surface area contributed by atoms with Gasteiger partial charge in [0.1, 0.15) is 10.8 Å². The minimum absolute atomic E-state index is 0.00746. The van der Waals surface area contributed by atoms with E-state index < -0.39 is 4.92 Å². The van der Waals surface area contributed by atoms with Gasteiger partial charge >= 0.3 is 0 Å². The Balaban J connectivity index is 1.74. The average Bonchev–Trinajstić information content (AvgIpc) is 2.62. The predicted octanol–water partition coefficient (Wildman–Crippen LogP) is 5.14. The zero-order valence-electron chi connectivity index (χ0n) is 12.7. The van der Waals surface area contributed by atoms with E-state index in [4.69, 9.17) is 11.6 Å². The number of thioether (sulfide) groups is 1. The summed E-state index contributed by atoms with van der Waals surface area (Å²) < 4.78 is 13.8. The van der Waals surface area contributed by atoms with Crippen LogP contribution in [0.1, 0.15) is 5.56 Å². The number of aromatic nitrogens is 2. The molecule has 0 atom stereocenters. The number of rotatable bonds is 5. The first-order chi connectivity index (χ1) is 12.0. The van der Waals surface area contributed by atoms with Crippen LogP contribution in [0.25, 0.3) is 11.3 Å². The highest BCUT2D eigenvalue weighted by Crippen LogP contribution is 2.28. The minimum Gasteiger partial charge on any atom is -0.258 e. The number of hydrogen-bond donors (Lipinski definition) is 0. The Hall–Kier alpha value is -2.51. The van der Waals surface area contributed by atoms with Crippen molar-refractivity contribution in [3.05, 3.63) is 81.1 Å². The summed E-state index contributed by atoms with van der Waals surface area (Å²) in [6.45, 7) is 0. The van der Waals surface area contributed by atoms with Crippen LogP contribution in [0, 0.1) is 15.9 Å². The first-order valence-corrected chi connectivity index (χ1v) is 8.55. The molecule has 0 amide bonds. The number of halogens is 2. The largest absolute Gasteiger partial charge is 0.270 e. The molecule has 0 bridgehead atoms. The Labute approximate surface area is 152 Å². The summed E-state index contributed by atoms with van der Waals surface area (Å²) in [5, 5.41) is 20.0. The maximum Gasteiger partial charge on any atom is 0.270 e. The van der Waals surface area contributed by atoms with Gasteiger partial charge in [0.15, 0.2) is 0 Å².